The summed E-state index contributed by atoms with van der Waals surface area (Å²) < 4.78 is 31.3. The summed E-state index contributed by atoms with van der Waals surface area (Å²) in [5.41, 5.74) is 5.03. The molecular formula is C23H37N3O7S. The van der Waals surface area contributed by atoms with Gasteiger partial charge in [0.05, 0.1) is 4.90 Å². The van der Waals surface area contributed by atoms with Crippen molar-refractivity contribution in [2.45, 2.75) is 68.6 Å². The lowest BCUT2D eigenvalue weighted by atomic mass is 10.0. The van der Waals surface area contributed by atoms with Gasteiger partial charge in [0.1, 0.15) is 11.4 Å². The summed E-state index contributed by atoms with van der Waals surface area (Å²) in [7, 11) is -3.74. The highest BCUT2D eigenvalue weighted by Crippen LogP contribution is 2.27. The van der Waals surface area contributed by atoms with Gasteiger partial charge in [-0.1, -0.05) is 44.4 Å². The molecule has 34 heavy (non-hydrogen) atoms. The second kappa shape index (κ2) is 15.3. The number of primary amides is 1. The molecule has 1 saturated heterocycles. The quantitative estimate of drug-likeness (QED) is 0.309. The van der Waals surface area contributed by atoms with Crippen molar-refractivity contribution in [2.24, 2.45) is 5.73 Å². The van der Waals surface area contributed by atoms with E-state index in [0.717, 1.165) is 39.0 Å². The largest absolute Gasteiger partial charge is 0.481 e. The standard InChI is InChI=1S/C18H26O6S.C5H11N3O/c1-3-4-6-11-17(16(24-14(2)19)12-13-18(20)21)25(22,23)15-9-7-5-8-10-15;6-5(9)8-3-1-7-2-4-8/h5,7-10,16-17H,3-4,6,11-13H2,1-2H3,(H,20,21);7H,1-4H2,(H2,6,9). The molecule has 1 fully saturated rings. The highest BCUT2D eigenvalue weighted by Gasteiger charge is 2.36. The van der Waals surface area contributed by atoms with Crippen LogP contribution in [-0.2, 0) is 24.2 Å². The maximum Gasteiger partial charge on any atom is 0.314 e. The van der Waals surface area contributed by atoms with E-state index >= 15 is 0 Å². The molecule has 4 N–H and O–H groups in total. The average Bonchev–Trinajstić information content (AvgIpc) is 2.81. The number of carbonyl (C=O) groups excluding carboxylic acids is 2. The van der Waals surface area contributed by atoms with Crippen LogP contribution in [0.25, 0.3) is 0 Å². The number of hydrogen-bond acceptors (Lipinski definition) is 7. The van der Waals surface area contributed by atoms with Crippen LogP contribution in [0.3, 0.4) is 0 Å². The predicted molar refractivity (Wildman–Crippen MR) is 128 cm³/mol. The summed E-state index contributed by atoms with van der Waals surface area (Å²) in [6, 6.07) is 7.69. The van der Waals surface area contributed by atoms with Crippen LogP contribution in [0.2, 0.25) is 0 Å². The van der Waals surface area contributed by atoms with Crippen LogP contribution < -0.4 is 11.1 Å². The molecule has 0 radical (unpaired) electrons. The zero-order valence-corrected chi connectivity index (χ0v) is 20.8. The zero-order valence-electron chi connectivity index (χ0n) is 19.9. The number of unbranched alkanes of at least 4 members (excludes halogenated alkanes) is 2. The first kappa shape index (κ1) is 29.4. The summed E-state index contributed by atoms with van der Waals surface area (Å²) in [5.74, 6) is -1.67. The minimum Gasteiger partial charge on any atom is -0.481 e. The summed E-state index contributed by atoms with van der Waals surface area (Å²) in [6.45, 7) is 6.43. The van der Waals surface area contributed by atoms with Gasteiger partial charge in [0.25, 0.3) is 0 Å². The van der Waals surface area contributed by atoms with E-state index in [2.05, 4.69) is 5.32 Å². The molecule has 0 saturated carbocycles. The Hall–Kier alpha value is -2.66. The molecule has 2 unspecified atom stereocenters. The Morgan fingerprint density at radius 2 is 1.74 bits per heavy atom. The Balaban J connectivity index is 0.000000533. The Morgan fingerprint density at radius 3 is 2.21 bits per heavy atom. The number of aliphatic carboxylic acids is 1. The van der Waals surface area contributed by atoms with Crippen molar-refractivity contribution in [3.05, 3.63) is 30.3 Å². The van der Waals surface area contributed by atoms with Gasteiger partial charge >= 0.3 is 18.0 Å². The number of nitrogens with two attached hydrogens (primary N) is 1. The molecule has 0 spiro atoms. The lowest BCUT2D eigenvalue weighted by Crippen LogP contribution is -2.48. The van der Waals surface area contributed by atoms with Crippen molar-refractivity contribution in [3.63, 3.8) is 0 Å². The number of urea groups is 1. The van der Waals surface area contributed by atoms with E-state index in [9.17, 15) is 22.8 Å². The van der Waals surface area contributed by atoms with Crippen LogP contribution in [0.5, 0.6) is 0 Å². The van der Waals surface area contributed by atoms with Crippen molar-refractivity contribution in [2.75, 3.05) is 26.2 Å². The molecule has 0 aliphatic carbocycles. The molecule has 0 bridgehead atoms. The number of carboxylic acids is 1. The Bertz CT molecular complexity index is 872. The van der Waals surface area contributed by atoms with Gasteiger partial charge in [0.2, 0.25) is 0 Å². The van der Waals surface area contributed by atoms with Gasteiger partial charge in [0, 0.05) is 39.5 Å². The Morgan fingerprint density at radius 1 is 1.12 bits per heavy atom. The summed E-state index contributed by atoms with van der Waals surface area (Å²) in [4.78, 5) is 34.6. The van der Waals surface area contributed by atoms with Crippen LogP contribution in [0.15, 0.2) is 35.2 Å². The first-order valence-corrected chi connectivity index (χ1v) is 13.1. The third-order valence-corrected chi connectivity index (χ3v) is 7.63. The van der Waals surface area contributed by atoms with Crippen LogP contribution in [0.4, 0.5) is 4.79 Å². The van der Waals surface area contributed by atoms with Gasteiger partial charge in [-0.15, -0.1) is 0 Å². The van der Waals surface area contributed by atoms with E-state index in [1.165, 1.54) is 19.1 Å². The van der Waals surface area contributed by atoms with Crippen molar-refractivity contribution in [1.29, 1.82) is 0 Å². The lowest BCUT2D eigenvalue weighted by molar-refractivity contribution is -0.148. The van der Waals surface area contributed by atoms with Gasteiger partial charge < -0.3 is 25.8 Å². The molecule has 11 heteroatoms. The van der Waals surface area contributed by atoms with Gasteiger partial charge in [-0.3, -0.25) is 9.59 Å². The number of nitrogens with zero attached hydrogens (tertiary/aromatic N) is 1. The summed E-state index contributed by atoms with van der Waals surface area (Å²) >= 11 is 0. The fourth-order valence-electron chi connectivity index (χ4n) is 3.61. The van der Waals surface area contributed by atoms with E-state index in [1.807, 2.05) is 6.92 Å². The zero-order chi connectivity index (χ0) is 25.6. The first-order chi connectivity index (χ1) is 16.1. The maximum absolute atomic E-state index is 13.1. The van der Waals surface area contributed by atoms with E-state index in [4.69, 9.17) is 15.6 Å². The monoisotopic (exact) mass is 499 g/mol. The minimum atomic E-state index is -3.74. The molecular weight excluding hydrogens is 462 g/mol. The number of benzene rings is 1. The molecule has 1 aliphatic heterocycles. The number of hydrogen-bond donors (Lipinski definition) is 3. The summed E-state index contributed by atoms with van der Waals surface area (Å²) in [6.07, 6.45) is 1.50. The number of piperazine rings is 1. The molecule has 192 valence electrons. The topological polar surface area (TPSA) is 156 Å². The number of amides is 2. The SMILES string of the molecule is CCCCCC(C(CCC(=O)O)OC(C)=O)S(=O)(=O)c1ccccc1.NC(=O)N1CCNCC1. The predicted octanol–water partition coefficient (Wildman–Crippen LogP) is 2.18. The molecule has 1 aliphatic rings. The third-order valence-electron chi connectivity index (χ3n) is 5.37. The first-order valence-electron chi connectivity index (χ1n) is 11.5. The van der Waals surface area contributed by atoms with E-state index in [-0.39, 0.29) is 23.8 Å². The number of esters is 1. The van der Waals surface area contributed by atoms with E-state index in [0.29, 0.717) is 12.8 Å². The molecule has 1 heterocycles. The van der Waals surface area contributed by atoms with Crippen molar-refractivity contribution >= 4 is 27.8 Å². The maximum atomic E-state index is 13.1. The highest BCUT2D eigenvalue weighted by atomic mass is 32.2. The second-order valence-corrected chi connectivity index (χ2v) is 10.2. The van der Waals surface area contributed by atoms with Crippen LogP contribution in [0, 0.1) is 0 Å². The number of carboxylic acid groups (broad SMARTS) is 1. The summed E-state index contributed by atoms with van der Waals surface area (Å²) in [5, 5.41) is 11.1. The molecule has 1 aromatic carbocycles. The number of carbonyl (C=O) groups is 3. The van der Waals surface area contributed by atoms with Gasteiger partial charge in [0.15, 0.2) is 9.84 Å². The minimum absolute atomic E-state index is 0.0300. The van der Waals surface area contributed by atoms with Crippen molar-refractivity contribution in [3.8, 4) is 0 Å². The average molecular weight is 500 g/mol. The van der Waals surface area contributed by atoms with Crippen molar-refractivity contribution in [1.82, 2.24) is 10.2 Å². The van der Waals surface area contributed by atoms with E-state index < -0.39 is 33.1 Å². The molecule has 0 aromatic heterocycles. The normalized spacial score (nSPS) is 15.4. The van der Waals surface area contributed by atoms with E-state index in [1.54, 1.807) is 23.1 Å². The smallest absolute Gasteiger partial charge is 0.314 e. The fraction of sp³-hybridized carbons (Fsp3) is 0.609. The van der Waals surface area contributed by atoms with Crippen LogP contribution in [0.1, 0.15) is 52.4 Å². The number of rotatable bonds is 11. The molecule has 2 rings (SSSR count). The highest BCUT2D eigenvalue weighted by molar-refractivity contribution is 7.92. The third kappa shape index (κ3) is 10.5. The molecule has 10 nitrogen and oxygen atoms in total. The fourth-order valence-corrected chi connectivity index (χ4v) is 5.56. The van der Waals surface area contributed by atoms with Gasteiger partial charge in [-0.25, -0.2) is 13.2 Å². The van der Waals surface area contributed by atoms with Crippen LogP contribution >= 0.6 is 0 Å². The number of nitrogens with one attached hydrogen (secondary N) is 1. The van der Waals surface area contributed by atoms with Crippen molar-refractivity contribution < 1.29 is 32.6 Å². The molecule has 2 amide bonds. The lowest BCUT2D eigenvalue weighted by Gasteiger charge is -2.26. The van der Waals surface area contributed by atoms with Crippen LogP contribution in [-0.4, -0.2) is 73.9 Å². The van der Waals surface area contributed by atoms with Gasteiger partial charge in [-0.05, 0) is 25.0 Å². The number of ether oxygens (including phenoxy) is 1. The molecule has 2 atom stereocenters. The van der Waals surface area contributed by atoms with Gasteiger partial charge in [-0.2, -0.15) is 0 Å². The number of sulfone groups is 1. The Kier molecular flexibility index (Phi) is 13.2. The Labute approximate surface area is 201 Å². The second-order valence-electron chi connectivity index (χ2n) is 8.05. The molecule has 1 aromatic rings.